The van der Waals surface area contributed by atoms with Crippen LogP contribution in [0.2, 0.25) is 0 Å². The van der Waals surface area contributed by atoms with Crippen LogP contribution in [0, 0.1) is 11.6 Å². The first-order valence-corrected chi connectivity index (χ1v) is 6.37. The summed E-state index contributed by atoms with van der Waals surface area (Å²) in [6, 6.07) is 3.58. The van der Waals surface area contributed by atoms with Crippen LogP contribution in [-0.4, -0.2) is 45.8 Å². The van der Waals surface area contributed by atoms with E-state index in [2.05, 4.69) is 10.2 Å². The lowest BCUT2D eigenvalue weighted by molar-refractivity contribution is 0.159. The highest BCUT2D eigenvalue weighted by molar-refractivity contribution is 5.21. The van der Waals surface area contributed by atoms with Crippen molar-refractivity contribution in [1.82, 2.24) is 10.2 Å². The molecule has 108 valence electrons. The van der Waals surface area contributed by atoms with Gasteiger partial charge in [0.2, 0.25) is 0 Å². The van der Waals surface area contributed by atoms with Crippen LogP contribution in [0.4, 0.5) is 8.78 Å². The van der Waals surface area contributed by atoms with Crippen molar-refractivity contribution in [2.75, 3.05) is 40.9 Å². The zero-order chi connectivity index (χ0) is 14.3. The lowest BCUT2D eigenvalue weighted by Crippen LogP contribution is -2.28. The van der Waals surface area contributed by atoms with Crippen molar-refractivity contribution in [1.29, 1.82) is 0 Å². The van der Waals surface area contributed by atoms with Crippen LogP contribution in [0.15, 0.2) is 18.2 Å². The second kappa shape index (κ2) is 8.19. The molecule has 5 heteroatoms. The van der Waals surface area contributed by atoms with Gasteiger partial charge in [0.15, 0.2) is 0 Å². The van der Waals surface area contributed by atoms with Crippen LogP contribution in [-0.2, 0) is 4.74 Å². The summed E-state index contributed by atoms with van der Waals surface area (Å²) >= 11 is 0. The Morgan fingerprint density at radius 3 is 2.37 bits per heavy atom. The fourth-order valence-electron chi connectivity index (χ4n) is 1.96. The number of nitrogens with one attached hydrogen (secondary N) is 1. The summed E-state index contributed by atoms with van der Waals surface area (Å²) in [4.78, 5) is 2.13. The number of rotatable bonds is 8. The Balaban J connectivity index is 2.57. The lowest BCUT2D eigenvalue weighted by Gasteiger charge is -2.21. The van der Waals surface area contributed by atoms with Gasteiger partial charge in [-0.05, 0) is 44.8 Å². The zero-order valence-corrected chi connectivity index (χ0v) is 11.7. The lowest BCUT2D eigenvalue weighted by atomic mass is 10.0. The van der Waals surface area contributed by atoms with Crippen LogP contribution in [0.5, 0.6) is 0 Å². The third-order valence-electron chi connectivity index (χ3n) is 3.11. The standard InChI is InChI=1S/C14H22F2N2O/c1-17-14(4-5-18(2)6-7-19-3)11-8-12(15)10-13(16)9-11/h8-10,14,17H,4-7H2,1-3H3. The zero-order valence-electron chi connectivity index (χ0n) is 11.7. The van der Waals surface area contributed by atoms with Gasteiger partial charge in [0, 0.05) is 25.8 Å². The molecule has 19 heavy (non-hydrogen) atoms. The molecular formula is C14H22F2N2O. The molecule has 1 aromatic rings. The molecule has 0 spiro atoms. The number of nitrogens with zero attached hydrogens (tertiary/aromatic N) is 1. The number of likely N-dealkylation sites (N-methyl/N-ethyl adjacent to an activating group) is 1. The molecule has 1 unspecified atom stereocenters. The van der Waals surface area contributed by atoms with E-state index in [1.54, 1.807) is 14.2 Å². The molecule has 0 bridgehead atoms. The summed E-state index contributed by atoms with van der Waals surface area (Å²) in [7, 11) is 5.46. The molecule has 0 radical (unpaired) electrons. The van der Waals surface area contributed by atoms with E-state index in [1.807, 2.05) is 7.05 Å². The Bertz CT molecular complexity index is 367. The van der Waals surface area contributed by atoms with E-state index in [-0.39, 0.29) is 6.04 Å². The average Bonchev–Trinajstić information content (AvgIpc) is 2.36. The van der Waals surface area contributed by atoms with Gasteiger partial charge in [0.05, 0.1) is 6.61 Å². The maximum Gasteiger partial charge on any atom is 0.126 e. The van der Waals surface area contributed by atoms with Crippen LogP contribution >= 0.6 is 0 Å². The van der Waals surface area contributed by atoms with Crippen molar-refractivity contribution in [3.63, 3.8) is 0 Å². The van der Waals surface area contributed by atoms with Gasteiger partial charge >= 0.3 is 0 Å². The summed E-state index contributed by atoms with van der Waals surface area (Å²) in [5, 5.41) is 3.09. The van der Waals surface area contributed by atoms with Crippen LogP contribution < -0.4 is 5.32 Å². The minimum Gasteiger partial charge on any atom is -0.383 e. The second-order valence-electron chi connectivity index (χ2n) is 4.63. The molecule has 1 rings (SSSR count). The Morgan fingerprint density at radius 2 is 1.84 bits per heavy atom. The average molecular weight is 272 g/mol. The number of hydrogen-bond donors (Lipinski definition) is 1. The predicted molar refractivity (Wildman–Crippen MR) is 72.1 cm³/mol. The van der Waals surface area contributed by atoms with Crippen molar-refractivity contribution in [3.8, 4) is 0 Å². The summed E-state index contributed by atoms with van der Waals surface area (Å²) < 4.78 is 31.4. The third-order valence-corrected chi connectivity index (χ3v) is 3.11. The van der Waals surface area contributed by atoms with Gasteiger partial charge in [-0.15, -0.1) is 0 Å². The van der Waals surface area contributed by atoms with E-state index in [1.165, 1.54) is 12.1 Å². The van der Waals surface area contributed by atoms with Crippen LogP contribution in [0.1, 0.15) is 18.0 Å². The highest BCUT2D eigenvalue weighted by Crippen LogP contribution is 2.19. The van der Waals surface area contributed by atoms with Gasteiger partial charge in [-0.25, -0.2) is 8.78 Å². The Labute approximate surface area is 113 Å². The van der Waals surface area contributed by atoms with Crippen LogP contribution in [0.25, 0.3) is 0 Å². The largest absolute Gasteiger partial charge is 0.383 e. The molecule has 1 aromatic carbocycles. The topological polar surface area (TPSA) is 24.5 Å². The van der Waals surface area contributed by atoms with E-state index >= 15 is 0 Å². The first-order valence-electron chi connectivity index (χ1n) is 6.37. The number of ether oxygens (including phenoxy) is 1. The van der Waals surface area contributed by atoms with Gasteiger partial charge in [-0.3, -0.25) is 0 Å². The molecule has 0 aliphatic rings. The van der Waals surface area contributed by atoms with Gasteiger partial charge in [0.1, 0.15) is 11.6 Å². The van der Waals surface area contributed by atoms with Gasteiger partial charge in [0.25, 0.3) is 0 Å². The predicted octanol–water partition coefficient (Wildman–Crippen LogP) is 2.19. The molecule has 1 atom stereocenters. The molecular weight excluding hydrogens is 250 g/mol. The Morgan fingerprint density at radius 1 is 1.21 bits per heavy atom. The highest BCUT2D eigenvalue weighted by Gasteiger charge is 2.12. The molecule has 0 fully saturated rings. The number of methoxy groups -OCH3 is 1. The van der Waals surface area contributed by atoms with Crippen LogP contribution in [0.3, 0.4) is 0 Å². The smallest absolute Gasteiger partial charge is 0.126 e. The molecule has 0 saturated heterocycles. The SMILES string of the molecule is CNC(CCN(C)CCOC)c1cc(F)cc(F)c1. The summed E-state index contributed by atoms with van der Waals surface area (Å²) in [6.45, 7) is 2.34. The van der Waals surface area contributed by atoms with Crippen molar-refractivity contribution >= 4 is 0 Å². The molecule has 1 N–H and O–H groups in total. The quantitative estimate of drug-likeness (QED) is 0.785. The van der Waals surface area contributed by atoms with Crippen molar-refractivity contribution in [3.05, 3.63) is 35.4 Å². The fraction of sp³-hybridized carbons (Fsp3) is 0.571. The summed E-state index contributed by atoms with van der Waals surface area (Å²) in [5.41, 5.74) is 0.639. The number of hydrogen-bond acceptors (Lipinski definition) is 3. The normalized spacial score (nSPS) is 12.9. The molecule has 0 aliphatic carbocycles. The van der Waals surface area contributed by atoms with E-state index in [0.717, 1.165) is 25.6 Å². The molecule has 0 amide bonds. The van der Waals surface area contributed by atoms with E-state index in [4.69, 9.17) is 4.74 Å². The monoisotopic (exact) mass is 272 g/mol. The molecule has 0 aliphatic heterocycles. The minimum absolute atomic E-state index is 0.0600. The molecule has 0 aromatic heterocycles. The summed E-state index contributed by atoms with van der Waals surface area (Å²) in [5.74, 6) is -1.08. The van der Waals surface area contributed by atoms with E-state index in [9.17, 15) is 8.78 Å². The molecule has 0 saturated carbocycles. The maximum absolute atomic E-state index is 13.2. The second-order valence-corrected chi connectivity index (χ2v) is 4.63. The highest BCUT2D eigenvalue weighted by atomic mass is 19.1. The van der Waals surface area contributed by atoms with E-state index < -0.39 is 11.6 Å². The first kappa shape index (κ1) is 16.0. The first-order chi connectivity index (χ1) is 9.06. The Hall–Kier alpha value is -1.04. The minimum atomic E-state index is -0.539. The number of benzene rings is 1. The summed E-state index contributed by atoms with van der Waals surface area (Å²) in [6.07, 6.45) is 0.777. The van der Waals surface area contributed by atoms with E-state index in [0.29, 0.717) is 12.2 Å². The van der Waals surface area contributed by atoms with Crippen molar-refractivity contribution < 1.29 is 13.5 Å². The fourth-order valence-corrected chi connectivity index (χ4v) is 1.96. The van der Waals surface area contributed by atoms with Gasteiger partial charge < -0.3 is 15.0 Å². The maximum atomic E-state index is 13.2. The molecule has 0 heterocycles. The molecule has 3 nitrogen and oxygen atoms in total. The number of halogens is 2. The van der Waals surface area contributed by atoms with Crippen molar-refractivity contribution in [2.45, 2.75) is 12.5 Å². The van der Waals surface area contributed by atoms with Gasteiger partial charge in [-0.1, -0.05) is 0 Å². The Kier molecular flexibility index (Phi) is 6.91. The third kappa shape index (κ3) is 5.63. The van der Waals surface area contributed by atoms with Crippen molar-refractivity contribution in [2.24, 2.45) is 0 Å². The van der Waals surface area contributed by atoms with Gasteiger partial charge in [-0.2, -0.15) is 0 Å².